The Balaban J connectivity index is 1.68. The highest BCUT2D eigenvalue weighted by molar-refractivity contribution is 5.71. The van der Waals surface area contributed by atoms with E-state index >= 15 is 0 Å². The molecule has 0 aliphatic rings. The Labute approximate surface area is 207 Å². The van der Waals surface area contributed by atoms with Gasteiger partial charge in [-0.15, -0.1) is 0 Å². The van der Waals surface area contributed by atoms with Crippen LogP contribution in [0, 0.1) is 11.6 Å². The van der Waals surface area contributed by atoms with Crippen molar-refractivity contribution < 1.29 is 28.2 Å². The van der Waals surface area contributed by atoms with Gasteiger partial charge in [0.2, 0.25) is 5.82 Å². The number of nitrogens with zero attached hydrogens (tertiary/aromatic N) is 3. The van der Waals surface area contributed by atoms with Gasteiger partial charge in [0.25, 0.3) is 0 Å². The van der Waals surface area contributed by atoms with Gasteiger partial charge in [-0.2, -0.15) is 4.39 Å². The molecule has 36 heavy (non-hydrogen) atoms. The fourth-order valence-corrected chi connectivity index (χ4v) is 3.74. The van der Waals surface area contributed by atoms with Crippen LogP contribution in [0.15, 0.2) is 60.9 Å². The molecule has 0 bridgehead atoms. The number of pyridine rings is 1. The molecule has 2 aromatic carbocycles. The first kappa shape index (κ1) is 25.0. The van der Waals surface area contributed by atoms with E-state index in [1.807, 2.05) is 24.3 Å². The summed E-state index contributed by atoms with van der Waals surface area (Å²) in [7, 11) is 1.58. The molecule has 0 spiro atoms. The highest BCUT2D eigenvalue weighted by Crippen LogP contribution is 2.33. The number of amides is 1. The molecule has 2 aromatic heterocycles. The number of carbonyl (C=O) groups excluding carboxylic acids is 1. The second-order valence-electron chi connectivity index (χ2n) is 9.34. The second-order valence-corrected chi connectivity index (χ2v) is 9.34. The van der Waals surface area contributed by atoms with E-state index in [2.05, 4.69) is 4.98 Å². The van der Waals surface area contributed by atoms with Crippen molar-refractivity contribution in [1.82, 2.24) is 14.3 Å². The maximum absolute atomic E-state index is 14.0. The molecule has 4 aromatic rings. The van der Waals surface area contributed by atoms with Crippen molar-refractivity contribution in [2.45, 2.75) is 39.5 Å². The summed E-state index contributed by atoms with van der Waals surface area (Å²) >= 11 is 0. The van der Waals surface area contributed by atoms with E-state index in [0.29, 0.717) is 22.7 Å². The van der Waals surface area contributed by atoms with Crippen LogP contribution in [0.2, 0.25) is 0 Å². The molecule has 0 saturated heterocycles. The molecule has 0 fully saturated rings. The number of imidazole rings is 1. The molecule has 1 amide bonds. The van der Waals surface area contributed by atoms with Gasteiger partial charge in [-0.3, -0.25) is 4.90 Å². The maximum atomic E-state index is 14.0. The third kappa shape index (κ3) is 5.40. The third-order valence-corrected chi connectivity index (χ3v) is 5.50. The van der Waals surface area contributed by atoms with Gasteiger partial charge >= 0.3 is 6.09 Å². The van der Waals surface area contributed by atoms with E-state index in [1.165, 1.54) is 6.07 Å². The SMILES string of the molecule is COc1ccc(CN(Cc2cnc3ccc(-c4ccc(F)c(F)c4O)cn23)C(=O)OC(C)(C)C)cc1. The zero-order valence-corrected chi connectivity index (χ0v) is 20.5. The molecule has 0 radical (unpaired) electrons. The van der Waals surface area contributed by atoms with Crippen LogP contribution in [0.4, 0.5) is 13.6 Å². The fourth-order valence-electron chi connectivity index (χ4n) is 3.74. The quantitative estimate of drug-likeness (QED) is 0.359. The first-order chi connectivity index (χ1) is 17.1. The largest absolute Gasteiger partial charge is 0.504 e. The Kier molecular flexibility index (Phi) is 6.83. The molecular weight excluding hydrogens is 468 g/mol. The molecule has 4 rings (SSSR count). The monoisotopic (exact) mass is 495 g/mol. The van der Waals surface area contributed by atoms with E-state index < -0.39 is 29.1 Å². The lowest BCUT2D eigenvalue weighted by Gasteiger charge is -2.27. The van der Waals surface area contributed by atoms with Crippen LogP contribution in [0.5, 0.6) is 11.5 Å². The molecule has 0 aliphatic heterocycles. The molecule has 1 N–H and O–H groups in total. The normalized spacial score (nSPS) is 11.5. The van der Waals surface area contributed by atoms with Crippen LogP contribution in [0.3, 0.4) is 0 Å². The van der Waals surface area contributed by atoms with Gasteiger partial charge in [0.1, 0.15) is 17.0 Å². The van der Waals surface area contributed by atoms with Crippen LogP contribution in [-0.2, 0) is 17.8 Å². The van der Waals surface area contributed by atoms with Crippen molar-refractivity contribution in [3.05, 3.63) is 83.8 Å². The summed E-state index contributed by atoms with van der Waals surface area (Å²) in [5, 5.41) is 10.1. The summed E-state index contributed by atoms with van der Waals surface area (Å²) in [6, 6.07) is 13.0. The highest BCUT2D eigenvalue weighted by Gasteiger charge is 2.24. The average molecular weight is 496 g/mol. The fraction of sp³-hybridized carbons (Fsp3) is 0.259. The number of aromatic hydroxyl groups is 1. The van der Waals surface area contributed by atoms with E-state index in [4.69, 9.17) is 9.47 Å². The number of methoxy groups -OCH3 is 1. The van der Waals surface area contributed by atoms with Crippen molar-refractivity contribution in [1.29, 1.82) is 0 Å². The Morgan fingerprint density at radius 2 is 1.78 bits per heavy atom. The lowest BCUT2D eigenvalue weighted by atomic mass is 10.1. The van der Waals surface area contributed by atoms with Gasteiger partial charge in [0.15, 0.2) is 11.6 Å². The Bertz CT molecular complexity index is 1390. The molecule has 0 aliphatic carbocycles. The van der Waals surface area contributed by atoms with Crippen molar-refractivity contribution in [3.63, 3.8) is 0 Å². The first-order valence-electron chi connectivity index (χ1n) is 11.3. The molecule has 2 heterocycles. The first-order valence-corrected chi connectivity index (χ1v) is 11.3. The minimum Gasteiger partial charge on any atom is -0.504 e. The van der Waals surface area contributed by atoms with Crippen LogP contribution < -0.4 is 4.74 Å². The number of benzene rings is 2. The van der Waals surface area contributed by atoms with Crippen molar-refractivity contribution >= 4 is 11.7 Å². The Morgan fingerprint density at radius 3 is 2.44 bits per heavy atom. The lowest BCUT2D eigenvalue weighted by molar-refractivity contribution is 0.0213. The summed E-state index contributed by atoms with van der Waals surface area (Å²) in [6.07, 6.45) is 2.79. The van der Waals surface area contributed by atoms with E-state index in [9.17, 15) is 18.7 Å². The van der Waals surface area contributed by atoms with Crippen LogP contribution >= 0.6 is 0 Å². The van der Waals surface area contributed by atoms with Crippen LogP contribution in [-0.4, -0.2) is 38.2 Å². The number of fused-ring (bicyclic) bond motifs is 1. The number of hydrogen-bond acceptors (Lipinski definition) is 5. The van der Waals surface area contributed by atoms with Gasteiger partial charge in [-0.05, 0) is 62.7 Å². The maximum Gasteiger partial charge on any atom is 0.410 e. The topological polar surface area (TPSA) is 76.3 Å². The second kappa shape index (κ2) is 9.85. The summed E-state index contributed by atoms with van der Waals surface area (Å²) in [5.74, 6) is -2.51. The summed E-state index contributed by atoms with van der Waals surface area (Å²) < 4.78 is 40.0. The number of aromatic nitrogens is 2. The number of rotatable bonds is 6. The number of ether oxygens (including phenoxy) is 2. The standard InChI is InChI=1S/C27H27F2N3O4/c1-27(2,3)36-26(34)31(14-17-5-8-20(35-4)9-6-17)16-19-13-30-23-12-7-18(15-32(19)23)21-10-11-22(28)24(29)25(21)33/h5-13,15,33H,14,16H2,1-4H3. The minimum atomic E-state index is -1.31. The molecular formula is C27H27F2N3O4. The predicted octanol–water partition coefficient (Wildman–Crippen LogP) is 5.93. The molecule has 9 heteroatoms. The third-order valence-electron chi connectivity index (χ3n) is 5.50. The number of phenolic OH excluding ortho intramolecular Hbond substituents is 1. The zero-order chi connectivity index (χ0) is 26.0. The van der Waals surface area contributed by atoms with Gasteiger partial charge in [0.05, 0.1) is 25.5 Å². The predicted molar refractivity (Wildman–Crippen MR) is 131 cm³/mol. The minimum absolute atomic E-state index is 0.137. The van der Waals surface area contributed by atoms with E-state index in [0.717, 1.165) is 11.6 Å². The average Bonchev–Trinajstić information content (AvgIpc) is 3.23. The molecule has 188 valence electrons. The number of carbonyl (C=O) groups is 1. The van der Waals surface area contributed by atoms with Crippen LogP contribution in [0.25, 0.3) is 16.8 Å². The molecule has 0 atom stereocenters. The van der Waals surface area contributed by atoms with E-state index in [1.54, 1.807) is 61.7 Å². The number of phenols is 1. The Morgan fingerprint density at radius 1 is 1.06 bits per heavy atom. The van der Waals surface area contributed by atoms with Crippen molar-refractivity contribution in [3.8, 4) is 22.6 Å². The van der Waals surface area contributed by atoms with Gasteiger partial charge in [0, 0.05) is 23.9 Å². The molecule has 0 saturated carbocycles. The highest BCUT2D eigenvalue weighted by atomic mass is 19.2. The van der Waals surface area contributed by atoms with Crippen molar-refractivity contribution in [2.24, 2.45) is 0 Å². The Hall–Kier alpha value is -4.14. The van der Waals surface area contributed by atoms with Gasteiger partial charge in [-0.25, -0.2) is 14.2 Å². The summed E-state index contributed by atoms with van der Waals surface area (Å²) in [6.45, 7) is 5.83. The van der Waals surface area contributed by atoms with Gasteiger partial charge < -0.3 is 19.0 Å². The van der Waals surface area contributed by atoms with E-state index in [-0.39, 0.29) is 18.7 Å². The van der Waals surface area contributed by atoms with Crippen LogP contribution in [0.1, 0.15) is 32.0 Å². The van der Waals surface area contributed by atoms with Gasteiger partial charge in [-0.1, -0.05) is 12.1 Å². The molecule has 7 nitrogen and oxygen atoms in total. The summed E-state index contributed by atoms with van der Waals surface area (Å²) in [5.41, 5.74) is 2.03. The smallest absolute Gasteiger partial charge is 0.410 e. The lowest BCUT2D eigenvalue weighted by Crippen LogP contribution is -2.36. The summed E-state index contributed by atoms with van der Waals surface area (Å²) in [4.78, 5) is 19.0. The van der Waals surface area contributed by atoms with Crippen molar-refractivity contribution in [2.75, 3.05) is 7.11 Å². The zero-order valence-electron chi connectivity index (χ0n) is 20.5. The molecule has 0 unspecified atom stereocenters. The number of hydrogen-bond donors (Lipinski definition) is 1. The number of halogens is 2.